The summed E-state index contributed by atoms with van der Waals surface area (Å²) < 4.78 is 35.1. The predicted molar refractivity (Wildman–Crippen MR) is 168 cm³/mol. The van der Waals surface area contributed by atoms with Gasteiger partial charge in [-0.2, -0.15) is 0 Å². The van der Waals surface area contributed by atoms with E-state index in [9.17, 15) is 18.0 Å². The van der Waals surface area contributed by atoms with Crippen LogP contribution < -0.4 is 14.4 Å². The van der Waals surface area contributed by atoms with Crippen LogP contribution in [0, 0.1) is 6.92 Å². The molecule has 1 fully saturated rings. The summed E-state index contributed by atoms with van der Waals surface area (Å²) in [6.45, 7) is 3.26. The van der Waals surface area contributed by atoms with Crippen LogP contribution >= 0.6 is 15.9 Å². The van der Waals surface area contributed by atoms with Crippen molar-refractivity contribution in [1.82, 2.24) is 10.2 Å². The fourth-order valence-corrected chi connectivity index (χ4v) is 6.96. The Balaban J connectivity index is 1.67. The van der Waals surface area contributed by atoms with Crippen LogP contribution in [-0.2, 0) is 26.2 Å². The fourth-order valence-electron chi connectivity index (χ4n) is 5.10. The van der Waals surface area contributed by atoms with Crippen molar-refractivity contribution < 1.29 is 22.7 Å². The minimum absolute atomic E-state index is 0.0262. The number of halogens is 1. The molecule has 3 aromatic carbocycles. The van der Waals surface area contributed by atoms with E-state index < -0.39 is 28.5 Å². The smallest absolute Gasteiger partial charge is 0.264 e. The number of methoxy groups -OCH3 is 1. The quantitative estimate of drug-likeness (QED) is 0.281. The van der Waals surface area contributed by atoms with E-state index in [0.717, 1.165) is 52.0 Å². The monoisotopic (exact) mass is 655 g/mol. The first kappa shape index (κ1) is 31.6. The largest absolute Gasteiger partial charge is 0.497 e. The van der Waals surface area contributed by atoms with E-state index in [4.69, 9.17) is 4.74 Å². The van der Waals surface area contributed by atoms with Crippen LogP contribution in [0.25, 0.3) is 0 Å². The molecule has 0 unspecified atom stereocenters. The lowest BCUT2D eigenvalue weighted by atomic mass is 9.95. The van der Waals surface area contributed by atoms with Gasteiger partial charge in [0.1, 0.15) is 18.3 Å². The summed E-state index contributed by atoms with van der Waals surface area (Å²) in [5.41, 5.74) is 2.12. The second-order valence-corrected chi connectivity index (χ2v) is 13.5. The number of carbonyl (C=O) groups excluding carboxylic acids is 2. The molecule has 8 nitrogen and oxygen atoms in total. The van der Waals surface area contributed by atoms with Gasteiger partial charge in [0.2, 0.25) is 11.8 Å². The summed E-state index contributed by atoms with van der Waals surface area (Å²) in [7, 11) is -2.64. The highest BCUT2D eigenvalue weighted by molar-refractivity contribution is 9.10. The number of anilines is 1. The Hall–Kier alpha value is -3.37. The molecular formula is C32H38BrN3O5S. The molecule has 1 aliphatic carbocycles. The lowest BCUT2D eigenvalue weighted by Gasteiger charge is -2.33. The van der Waals surface area contributed by atoms with Crippen molar-refractivity contribution in [3.63, 3.8) is 0 Å². The molecule has 0 aliphatic heterocycles. The Bertz CT molecular complexity index is 1470. The molecule has 1 atom stereocenters. The number of carbonyl (C=O) groups is 2. The van der Waals surface area contributed by atoms with Gasteiger partial charge in [0.25, 0.3) is 10.0 Å². The lowest BCUT2D eigenvalue weighted by Crippen LogP contribution is -2.53. The maximum absolute atomic E-state index is 14.1. The number of hydrogen-bond acceptors (Lipinski definition) is 5. The first-order valence-electron chi connectivity index (χ1n) is 14.2. The molecule has 1 aliphatic rings. The lowest BCUT2D eigenvalue weighted by molar-refractivity contribution is -0.139. The van der Waals surface area contributed by atoms with Crippen molar-refractivity contribution in [3.05, 3.63) is 88.4 Å². The summed E-state index contributed by atoms with van der Waals surface area (Å²) in [6.07, 6.45) is 5.12. The maximum Gasteiger partial charge on any atom is 0.264 e. The zero-order valence-corrected chi connectivity index (χ0v) is 26.7. The van der Waals surface area contributed by atoms with Gasteiger partial charge < -0.3 is 15.0 Å². The van der Waals surface area contributed by atoms with Gasteiger partial charge in [-0.25, -0.2) is 8.42 Å². The number of nitrogens with one attached hydrogen (secondary N) is 1. The third-order valence-corrected chi connectivity index (χ3v) is 9.89. The van der Waals surface area contributed by atoms with Crippen LogP contribution in [0.2, 0.25) is 0 Å². The number of sulfonamides is 1. The van der Waals surface area contributed by atoms with E-state index >= 15 is 0 Å². The van der Waals surface area contributed by atoms with Crippen molar-refractivity contribution in [2.45, 2.75) is 69.5 Å². The van der Waals surface area contributed by atoms with Crippen molar-refractivity contribution >= 4 is 43.5 Å². The van der Waals surface area contributed by atoms with E-state index in [1.54, 1.807) is 43.3 Å². The summed E-state index contributed by atoms with van der Waals surface area (Å²) >= 11 is 3.48. The third kappa shape index (κ3) is 7.92. The molecule has 0 heterocycles. The summed E-state index contributed by atoms with van der Waals surface area (Å²) in [6, 6.07) is 19.8. The van der Waals surface area contributed by atoms with Crippen LogP contribution in [0.5, 0.6) is 5.75 Å². The van der Waals surface area contributed by atoms with Crippen molar-refractivity contribution in [2.75, 3.05) is 18.0 Å². The average molecular weight is 657 g/mol. The summed E-state index contributed by atoms with van der Waals surface area (Å²) in [5, 5.41) is 3.12. The van der Waals surface area contributed by atoms with Gasteiger partial charge in [0, 0.05) is 17.1 Å². The highest BCUT2D eigenvalue weighted by Gasteiger charge is 2.33. The number of amides is 2. The molecule has 42 heavy (non-hydrogen) atoms. The van der Waals surface area contributed by atoms with Crippen LogP contribution in [0.15, 0.2) is 82.2 Å². The van der Waals surface area contributed by atoms with Crippen molar-refractivity contribution in [3.8, 4) is 5.75 Å². The topological polar surface area (TPSA) is 96.0 Å². The zero-order chi connectivity index (χ0) is 30.3. The van der Waals surface area contributed by atoms with Gasteiger partial charge >= 0.3 is 0 Å². The van der Waals surface area contributed by atoms with Crippen LogP contribution in [0.4, 0.5) is 5.69 Å². The molecule has 4 rings (SSSR count). The molecule has 0 saturated heterocycles. The normalized spacial score (nSPS) is 14.6. The molecule has 2 amide bonds. The number of benzene rings is 3. The Morgan fingerprint density at radius 2 is 1.67 bits per heavy atom. The molecule has 3 aromatic rings. The van der Waals surface area contributed by atoms with E-state index in [-0.39, 0.29) is 23.4 Å². The van der Waals surface area contributed by atoms with Gasteiger partial charge in [-0.3, -0.25) is 13.9 Å². The Labute approximate surface area is 257 Å². The minimum Gasteiger partial charge on any atom is -0.497 e. The minimum atomic E-state index is -4.15. The van der Waals surface area contributed by atoms with E-state index in [0.29, 0.717) is 11.4 Å². The first-order chi connectivity index (χ1) is 20.1. The molecule has 1 saturated carbocycles. The Kier molecular flexibility index (Phi) is 10.7. The van der Waals surface area contributed by atoms with Crippen LogP contribution in [0.3, 0.4) is 0 Å². The van der Waals surface area contributed by atoms with Gasteiger partial charge in [-0.15, -0.1) is 0 Å². The molecule has 1 N–H and O–H groups in total. The molecule has 0 radical (unpaired) electrons. The molecule has 0 bridgehead atoms. The van der Waals surface area contributed by atoms with E-state index in [1.807, 2.05) is 31.2 Å². The Morgan fingerprint density at radius 3 is 2.29 bits per heavy atom. The molecule has 0 spiro atoms. The summed E-state index contributed by atoms with van der Waals surface area (Å²) in [5.74, 6) is -0.214. The molecule has 224 valence electrons. The molecule has 0 aromatic heterocycles. The van der Waals surface area contributed by atoms with Crippen LogP contribution in [-0.4, -0.2) is 50.9 Å². The van der Waals surface area contributed by atoms with Gasteiger partial charge in [0.05, 0.1) is 17.7 Å². The van der Waals surface area contributed by atoms with Gasteiger partial charge in [-0.05, 0) is 80.8 Å². The number of nitrogens with zero attached hydrogens (tertiary/aromatic N) is 2. The zero-order valence-electron chi connectivity index (χ0n) is 24.3. The van der Waals surface area contributed by atoms with Crippen LogP contribution in [0.1, 0.15) is 50.2 Å². The number of rotatable bonds is 11. The SMILES string of the molecule is COc1ccc(S(=O)(=O)N(CC(=O)N(Cc2cccc(Br)c2)[C@H](C)C(=O)NC2CCCCC2)c2ccc(C)cc2)cc1. The standard InChI is InChI=1S/C32H38BrN3O5S/c1-23-12-14-28(15-13-23)36(42(39,40)30-18-16-29(41-3)17-19-30)22-31(37)35(21-25-8-7-9-26(33)20-25)24(2)32(38)34-27-10-5-4-6-11-27/h7-9,12-20,24,27H,4-6,10-11,21-22H2,1-3H3,(H,34,38)/t24-/m1/s1. The maximum atomic E-state index is 14.1. The highest BCUT2D eigenvalue weighted by Crippen LogP contribution is 2.27. The first-order valence-corrected chi connectivity index (χ1v) is 16.4. The second kappa shape index (κ2) is 14.2. The average Bonchev–Trinajstić information content (AvgIpc) is 2.99. The Morgan fingerprint density at radius 1 is 1.00 bits per heavy atom. The number of ether oxygens (including phenoxy) is 1. The second-order valence-electron chi connectivity index (χ2n) is 10.7. The van der Waals surface area contributed by atoms with E-state index in [2.05, 4.69) is 21.2 Å². The highest BCUT2D eigenvalue weighted by atomic mass is 79.9. The summed E-state index contributed by atoms with van der Waals surface area (Å²) in [4.78, 5) is 29.0. The molecular weight excluding hydrogens is 618 g/mol. The van der Waals surface area contributed by atoms with Crippen molar-refractivity contribution in [1.29, 1.82) is 0 Å². The predicted octanol–water partition coefficient (Wildman–Crippen LogP) is 5.83. The third-order valence-electron chi connectivity index (χ3n) is 7.61. The molecule has 10 heteroatoms. The van der Waals surface area contributed by atoms with E-state index in [1.165, 1.54) is 24.1 Å². The number of aryl methyl sites for hydroxylation is 1. The van der Waals surface area contributed by atoms with Gasteiger partial charge in [0.15, 0.2) is 0 Å². The van der Waals surface area contributed by atoms with Crippen molar-refractivity contribution in [2.24, 2.45) is 0 Å². The fraction of sp³-hybridized carbons (Fsp3) is 0.375. The van der Waals surface area contributed by atoms with Gasteiger partial charge in [-0.1, -0.05) is 65.0 Å². The number of hydrogen-bond donors (Lipinski definition) is 1.